The first-order valence-corrected chi connectivity index (χ1v) is 10.7. The number of likely N-dealkylation sites (tertiary alicyclic amines) is 1. The molecule has 0 aliphatic carbocycles. The van der Waals surface area contributed by atoms with Crippen molar-refractivity contribution in [2.45, 2.75) is 25.9 Å². The van der Waals surface area contributed by atoms with Gasteiger partial charge in [0, 0.05) is 36.7 Å². The van der Waals surface area contributed by atoms with E-state index in [1.165, 1.54) is 22.7 Å². The van der Waals surface area contributed by atoms with Crippen LogP contribution in [0.4, 0.5) is 5.13 Å². The van der Waals surface area contributed by atoms with Crippen molar-refractivity contribution in [3.63, 3.8) is 0 Å². The van der Waals surface area contributed by atoms with Gasteiger partial charge < -0.3 is 11.1 Å². The van der Waals surface area contributed by atoms with E-state index in [0.29, 0.717) is 6.54 Å². The predicted molar refractivity (Wildman–Crippen MR) is 116 cm³/mol. The van der Waals surface area contributed by atoms with Crippen LogP contribution in [-0.2, 0) is 17.9 Å². The molecule has 2 aromatic carbocycles. The average Bonchev–Trinajstić information content (AvgIpc) is 3.23. The van der Waals surface area contributed by atoms with Crippen LogP contribution in [0, 0.1) is 5.92 Å². The second kappa shape index (κ2) is 9.15. The highest BCUT2D eigenvalue weighted by Gasteiger charge is 2.23. The zero-order valence-electron chi connectivity index (χ0n) is 16.3. The van der Waals surface area contributed by atoms with Crippen LogP contribution in [0.5, 0.6) is 0 Å². The van der Waals surface area contributed by atoms with Gasteiger partial charge in [-0.25, -0.2) is 0 Å². The number of rotatable bonds is 7. The number of nitrogens with one attached hydrogen (secondary N) is 1. The molecule has 1 saturated heterocycles. The van der Waals surface area contributed by atoms with Gasteiger partial charge >= 0.3 is 0 Å². The summed E-state index contributed by atoms with van der Waals surface area (Å²) in [4.78, 5) is 18.4. The lowest BCUT2D eigenvalue weighted by molar-refractivity contribution is -0.123. The molecule has 150 valence electrons. The van der Waals surface area contributed by atoms with Gasteiger partial charge in [-0.3, -0.25) is 9.69 Å². The van der Waals surface area contributed by atoms with E-state index in [4.69, 9.17) is 5.73 Å². The van der Waals surface area contributed by atoms with Gasteiger partial charge in [0.25, 0.3) is 0 Å². The van der Waals surface area contributed by atoms with E-state index in [1.54, 1.807) is 0 Å². The minimum absolute atomic E-state index is 0.0233. The Morgan fingerprint density at radius 2 is 2.00 bits per heavy atom. The molecule has 0 spiro atoms. The fraction of sp³-hybridized carbons (Fsp3) is 0.318. The predicted octanol–water partition coefficient (Wildman–Crippen LogP) is 3.51. The van der Waals surface area contributed by atoms with Crippen LogP contribution in [0.1, 0.15) is 24.0 Å². The molecule has 3 N–H and O–H groups in total. The molecule has 0 bridgehead atoms. The number of piperidine rings is 1. The van der Waals surface area contributed by atoms with Gasteiger partial charge in [-0.05, 0) is 30.5 Å². The maximum Gasteiger partial charge on any atom is 0.221 e. The highest BCUT2D eigenvalue weighted by molar-refractivity contribution is 7.09. The monoisotopic (exact) mass is 407 g/mol. The third kappa shape index (κ3) is 5.19. The molecule has 1 aliphatic rings. The molecule has 1 aliphatic heterocycles. The minimum atomic E-state index is -0.181. The average molecular weight is 408 g/mol. The molecule has 1 amide bonds. The number of carbonyl (C=O) groups excluding carboxylic acids is 1. The van der Waals surface area contributed by atoms with Crippen molar-refractivity contribution in [3.8, 4) is 11.4 Å². The molecular weight excluding hydrogens is 382 g/mol. The summed E-state index contributed by atoms with van der Waals surface area (Å²) in [5.74, 6) is 0.547. The Balaban J connectivity index is 1.35. The van der Waals surface area contributed by atoms with Gasteiger partial charge in [0.15, 0.2) is 5.82 Å². The molecule has 2 heterocycles. The topological polar surface area (TPSA) is 84.1 Å². The summed E-state index contributed by atoms with van der Waals surface area (Å²) in [6.07, 6.45) is 1.93. The first-order valence-electron chi connectivity index (χ1n) is 9.90. The third-order valence-corrected chi connectivity index (χ3v) is 5.88. The van der Waals surface area contributed by atoms with E-state index in [1.807, 2.05) is 30.3 Å². The number of nitrogens with zero attached hydrogens (tertiary/aromatic N) is 3. The van der Waals surface area contributed by atoms with Crippen molar-refractivity contribution in [2.75, 3.05) is 18.4 Å². The Labute approximate surface area is 174 Å². The van der Waals surface area contributed by atoms with E-state index in [9.17, 15) is 4.79 Å². The molecule has 6 nitrogen and oxygen atoms in total. The Morgan fingerprint density at radius 3 is 2.83 bits per heavy atom. The fourth-order valence-electron chi connectivity index (χ4n) is 3.70. The van der Waals surface area contributed by atoms with E-state index in [0.717, 1.165) is 49.0 Å². The number of amides is 1. The Hall–Kier alpha value is -2.77. The highest BCUT2D eigenvalue weighted by atomic mass is 32.1. The number of anilines is 1. The zero-order valence-corrected chi connectivity index (χ0v) is 17.1. The minimum Gasteiger partial charge on any atom is -0.369 e. The van der Waals surface area contributed by atoms with Crippen LogP contribution in [0.2, 0.25) is 0 Å². The van der Waals surface area contributed by atoms with Crippen LogP contribution in [0.15, 0.2) is 54.6 Å². The van der Waals surface area contributed by atoms with E-state index in [-0.39, 0.29) is 11.8 Å². The van der Waals surface area contributed by atoms with Crippen LogP contribution < -0.4 is 11.1 Å². The van der Waals surface area contributed by atoms with Crippen molar-refractivity contribution in [1.82, 2.24) is 14.3 Å². The van der Waals surface area contributed by atoms with Crippen LogP contribution >= 0.6 is 11.5 Å². The van der Waals surface area contributed by atoms with Crippen molar-refractivity contribution in [3.05, 3.63) is 65.7 Å². The number of aromatic nitrogens is 2. The maximum absolute atomic E-state index is 11.5. The van der Waals surface area contributed by atoms with Crippen LogP contribution in [0.3, 0.4) is 0 Å². The fourth-order valence-corrected chi connectivity index (χ4v) is 4.29. The highest BCUT2D eigenvalue weighted by Crippen LogP contribution is 2.22. The van der Waals surface area contributed by atoms with E-state index in [2.05, 4.69) is 43.8 Å². The second-order valence-corrected chi connectivity index (χ2v) is 8.19. The maximum atomic E-state index is 11.5. The van der Waals surface area contributed by atoms with Crippen molar-refractivity contribution < 1.29 is 4.79 Å². The largest absolute Gasteiger partial charge is 0.369 e. The van der Waals surface area contributed by atoms with Crippen LogP contribution in [-0.4, -0.2) is 33.3 Å². The first-order chi connectivity index (χ1) is 14.2. The van der Waals surface area contributed by atoms with Gasteiger partial charge in [0.1, 0.15) is 0 Å². The summed E-state index contributed by atoms with van der Waals surface area (Å²) >= 11 is 1.37. The molecule has 0 radical (unpaired) electrons. The quantitative estimate of drug-likeness (QED) is 0.626. The summed E-state index contributed by atoms with van der Waals surface area (Å²) in [6, 6.07) is 18.5. The molecule has 1 aromatic heterocycles. The molecular formula is C22H25N5OS. The normalized spacial score (nSPS) is 17.2. The van der Waals surface area contributed by atoms with Gasteiger partial charge in [-0.15, -0.1) is 0 Å². The summed E-state index contributed by atoms with van der Waals surface area (Å²) < 4.78 is 4.44. The van der Waals surface area contributed by atoms with Crippen LogP contribution in [0.25, 0.3) is 11.4 Å². The van der Waals surface area contributed by atoms with E-state index >= 15 is 0 Å². The first kappa shape index (κ1) is 19.5. The lowest BCUT2D eigenvalue weighted by Gasteiger charge is -2.31. The smallest absolute Gasteiger partial charge is 0.221 e. The molecule has 1 unspecified atom stereocenters. The van der Waals surface area contributed by atoms with Gasteiger partial charge in [0.05, 0.1) is 5.92 Å². The summed E-state index contributed by atoms with van der Waals surface area (Å²) in [6.45, 7) is 3.31. The lowest BCUT2D eigenvalue weighted by atomic mass is 9.97. The number of primary amides is 1. The van der Waals surface area contributed by atoms with Crippen molar-refractivity contribution in [1.29, 1.82) is 0 Å². The molecule has 0 saturated carbocycles. The Kier molecular flexibility index (Phi) is 6.17. The number of benzene rings is 2. The Morgan fingerprint density at radius 1 is 1.17 bits per heavy atom. The zero-order chi connectivity index (χ0) is 20.1. The third-order valence-electron chi connectivity index (χ3n) is 5.21. The summed E-state index contributed by atoms with van der Waals surface area (Å²) in [7, 11) is 0. The number of hydrogen-bond donors (Lipinski definition) is 2. The Bertz CT molecular complexity index is 959. The SMILES string of the molecule is NC(=O)C1CCCN(Cc2cccc(CNc3nc(-c4ccccc4)ns3)c2)C1. The molecule has 1 fully saturated rings. The molecule has 7 heteroatoms. The van der Waals surface area contributed by atoms with E-state index < -0.39 is 0 Å². The molecule has 29 heavy (non-hydrogen) atoms. The van der Waals surface area contributed by atoms with Crippen molar-refractivity contribution in [2.24, 2.45) is 11.7 Å². The number of hydrogen-bond acceptors (Lipinski definition) is 6. The summed E-state index contributed by atoms with van der Waals surface area (Å²) in [5, 5.41) is 4.19. The second-order valence-electron chi connectivity index (χ2n) is 7.44. The molecule has 4 rings (SSSR count). The number of nitrogens with two attached hydrogens (primary N) is 1. The van der Waals surface area contributed by atoms with Crippen molar-refractivity contribution >= 4 is 22.6 Å². The van der Waals surface area contributed by atoms with Gasteiger partial charge in [-0.1, -0.05) is 54.6 Å². The molecule has 1 atom stereocenters. The lowest BCUT2D eigenvalue weighted by Crippen LogP contribution is -2.40. The standard InChI is InChI=1S/C22H25N5OS/c23-20(28)19-10-5-11-27(15-19)14-17-7-4-6-16(12-17)13-24-22-25-21(26-29-22)18-8-2-1-3-9-18/h1-4,6-9,12,19H,5,10-11,13-15H2,(H2,23,28)(H,24,25,26). The van der Waals surface area contributed by atoms with Gasteiger partial charge in [0.2, 0.25) is 11.0 Å². The number of carbonyl (C=O) groups is 1. The summed E-state index contributed by atoms with van der Waals surface area (Å²) in [5.41, 5.74) is 8.96. The van der Waals surface area contributed by atoms with Gasteiger partial charge in [-0.2, -0.15) is 9.36 Å². The molecule has 3 aromatic rings.